The molecule has 2 rings (SSSR count). The number of hydrogen-bond donors (Lipinski definition) is 3. The predicted molar refractivity (Wildman–Crippen MR) is 75.0 cm³/mol. The molecule has 2 aromatic rings. The number of nitrogen functional groups attached to an aromatic ring is 2. The van der Waals surface area contributed by atoms with Gasteiger partial charge >= 0.3 is 0 Å². The van der Waals surface area contributed by atoms with Crippen molar-refractivity contribution in [1.82, 2.24) is 9.55 Å². The van der Waals surface area contributed by atoms with Crippen LogP contribution in [-0.2, 0) is 6.54 Å². The minimum atomic E-state index is -0.447. The third-order valence-electron chi connectivity index (χ3n) is 2.74. The molecule has 0 bridgehead atoms. The van der Waals surface area contributed by atoms with E-state index in [1.807, 2.05) is 31.2 Å². The normalized spacial score (nSPS) is 10.5. The van der Waals surface area contributed by atoms with Crippen molar-refractivity contribution >= 4 is 23.7 Å². The number of anilines is 2. The van der Waals surface area contributed by atoms with E-state index in [4.69, 9.17) is 23.7 Å². The molecule has 0 saturated heterocycles. The van der Waals surface area contributed by atoms with Crippen LogP contribution >= 0.6 is 12.2 Å². The minimum Gasteiger partial charge on any atom is -0.391 e. The number of benzene rings is 1. The molecule has 94 valence electrons. The lowest BCUT2D eigenvalue weighted by Gasteiger charge is -2.12. The van der Waals surface area contributed by atoms with Gasteiger partial charge in [-0.2, -0.15) is 0 Å². The van der Waals surface area contributed by atoms with E-state index >= 15 is 0 Å². The number of aryl methyl sites for hydroxylation is 1. The van der Waals surface area contributed by atoms with Gasteiger partial charge in [0.1, 0.15) is 11.5 Å². The summed E-state index contributed by atoms with van der Waals surface area (Å²) in [6.07, 6.45) is 0. The molecule has 0 aliphatic rings. The fourth-order valence-electron chi connectivity index (χ4n) is 1.64. The Morgan fingerprint density at radius 1 is 1.28 bits per heavy atom. The molecular formula is C12H14N4OS. The number of hydrogen-bond acceptors (Lipinski definition) is 4. The average molecular weight is 262 g/mol. The van der Waals surface area contributed by atoms with Crippen molar-refractivity contribution in [2.45, 2.75) is 13.5 Å². The topological polar surface area (TPSA) is 89.8 Å². The van der Waals surface area contributed by atoms with Crippen LogP contribution in [0.15, 0.2) is 29.1 Å². The van der Waals surface area contributed by atoms with Crippen molar-refractivity contribution < 1.29 is 0 Å². The first kappa shape index (κ1) is 12.4. The summed E-state index contributed by atoms with van der Waals surface area (Å²) in [5.41, 5.74) is 13.2. The maximum atomic E-state index is 11.4. The number of nitrogens with two attached hydrogens (primary N) is 2. The molecule has 1 aromatic heterocycles. The van der Waals surface area contributed by atoms with Crippen LogP contribution in [0.25, 0.3) is 0 Å². The van der Waals surface area contributed by atoms with E-state index in [1.54, 1.807) is 4.57 Å². The average Bonchev–Trinajstić information content (AvgIpc) is 2.34. The van der Waals surface area contributed by atoms with Crippen LogP contribution in [0, 0.1) is 11.7 Å². The minimum absolute atomic E-state index is 0.00397. The van der Waals surface area contributed by atoms with Crippen molar-refractivity contribution in [3.05, 3.63) is 50.5 Å². The van der Waals surface area contributed by atoms with Gasteiger partial charge in [-0.15, -0.1) is 0 Å². The second kappa shape index (κ2) is 4.66. The largest absolute Gasteiger partial charge is 0.391 e. The summed E-state index contributed by atoms with van der Waals surface area (Å²) in [6.45, 7) is 2.49. The Balaban J connectivity index is 2.47. The molecule has 0 atom stereocenters. The lowest BCUT2D eigenvalue weighted by atomic mass is 10.1. The first-order valence-corrected chi connectivity index (χ1v) is 5.83. The maximum Gasteiger partial charge on any atom is 0.277 e. The number of H-pyrrole nitrogens is 1. The Morgan fingerprint density at radius 3 is 2.50 bits per heavy atom. The van der Waals surface area contributed by atoms with Crippen LogP contribution in [0.3, 0.4) is 0 Å². The standard InChI is InChI=1S/C12H14N4OS/c1-7-2-4-8(5-3-7)6-16-10(14)9(13)11(17)15-12(16)18/h2-5H,6,13-14H2,1H3,(H,15,17,18). The van der Waals surface area contributed by atoms with Crippen LogP contribution in [0.4, 0.5) is 11.5 Å². The Bertz CT molecular complexity index is 685. The van der Waals surface area contributed by atoms with E-state index in [0.717, 1.165) is 5.56 Å². The summed E-state index contributed by atoms with van der Waals surface area (Å²) in [5, 5.41) is 0. The van der Waals surface area contributed by atoms with Gasteiger partial charge in [-0.1, -0.05) is 29.8 Å². The van der Waals surface area contributed by atoms with Gasteiger partial charge in [0.2, 0.25) is 0 Å². The Kier molecular flexibility index (Phi) is 3.20. The molecule has 0 radical (unpaired) electrons. The molecule has 0 aliphatic heterocycles. The molecule has 6 heteroatoms. The highest BCUT2D eigenvalue weighted by molar-refractivity contribution is 7.71. The number of nitrogens with one attached hydrogen (secondary N) is 1. The molecule has 0 saturated carbocycles. The van der Waals surface area contributed by atoms with Gasteiger partial charge in [0, 0.05) is 0 Å². The third kappa shape index (κ3) is 2.28. The van der Waals surface area contributed by atoms with Gasteiger partial charge in [-0.05, 0) is 24.7 Å². The quantitative estimate of drug-likeness (QED) is 0.714. The molecule has 0 fully saturated rings. The molecule has 1 aromatic carbocycles. The van der Waals surface area contributed by atoms with Gasteiger partial charge in [-0.3, -0.25) is 14.3 Å². The lowest BCUT2D eigenvalue weighted by Crippen LogP contribution is -2.21. The van der Waals surface area contributed by atoms with E-state index in [9.17, 15) is 4.79 Å². The van der Waals surface area contributed by atoms with E-state index in [2.05, 4.69) is 4.98 Å². The summed E-state index contributed by atoms with van der Waals surface area (Å²) < 4.78 is 1.88. The molecule has 5 nitrogen and oxygen atoms in total. The molecule has 18 heavy (non-hydrogen) atoms. The number of rotatable bonds is 2. The first-order valence-electron chi connectivity index (χ1n) is 5.42. The Labute approximate surface area is 109 Å². The molecule has 0 unspecified atom stereocenters. The van der Waals surface area contributed by atoms with Crippen LogP contribution in [-0.4, -0.2) is 9.55 Å². The second-order valence-corrected chi connectivity index (χ2v) is 4.52. The molecule has 1 heterocycles. The number of aromatic nitrogens is 2. The van der Waals surface area contributed by atoms with E-state index in [0.29, 0.717) is 6.54 Å². The second-order valence-electron chi connectivity index (χ2n) is 4.13. The zero-order valence-corrected chi connectivity index (χ0v) is 10.8. The predicted octanol–water partition coefficient (Wildman–Crippen LogP) is 1.43. The van der Waals surface area contributed by atoms with Crippen molar-refractivity contribution in [2.75, 3.05) is 11.5 Å². The van der Waals surface area contributed by atoms with Crippen molar-refractivity contribution in [3.63, 3.8) is 0 Å². The summed E-state index contributed by atoms with van der Waals surface area (Å²) in [7, 11) is 0. The fraction of sp³-hybridized carbons (Fsp3) is 0.167. The zero-order valence-electron chi connectivity index (χ0n) is 9.93. The summed E-state index contributed by atoms with van der Waals surface area (Å²) >= 11 is 5.08. The van der Waals surface area contributed by atoms with Crippen LogP contribution in [0.2, 0.25) is 0 Å². The van der Waals surface area contributed by atoms with Crippen LogP contribution in [0.1, 0.15) is 11.1 Å². The molecule has 0 spiro atoms. The van der Waals surface area contributed by atoms with Crippen molar-refractivity contribution in [3.8, 4) is 0 Å². The van der Waals surface area contributed by atoms with E-state index < -0.39 is 5.56 Å². The summed E-state index contributed by atoms with van der Waals surface area (Å²) in [4.78, 5) is 13.9. The van der Waals surface area contributed by atoms with E-state index in [1.165, 1.54) is 5.56 Å². The van der Waals surface area contributed by atoms with Gasteiger partial charge in [-0.25, -0.2) is 0 Å². The van der Waals surface area contributed by atoms with E-state index in [-0.39, 0.29) is 16.3 Å². The fourth-order valence-corrected chi connectivity index (χ4v) is 1.89. The highest BCUT2D eigenvalue weighted by Crippen LogP contribution is 2.12. The lowest BCUT2D eigenvalue weighted by molar-refractivity contribution is 0.760. The molecule has 5 N–H and O–H groups in total. The number of aromatic amines is 1. The van der Waals surface area contributed by atoms with Crippen LogP contribution in [0.5, 0.6) is 0 Å². The SMILES string of the molecule is Cc1ccc(Cn2c(N)c(N)c(=O)[nH]c2=S)cc1. The Morgan fingerprint density at radius 2 is 1.89 bits per heavy atom. The highest BCUT2D eigenvalue weighted by Gasteiger charge is 2.07. The maximum absolute atomic E-state index is 11.4. The summed E-state index contributed by atoms with van der Waals surface area (Å²) in [5.74, 6) is 0.198. The van der Waals surface area contributed by atoms with Gasteiger partial charge in [0.25, 0.3) is 5.56 Å². The van der Waals surface area contributed by atoms with Gasteiger partial charge in [0.15, 0.2) is 4.77 Å². The highest BCUT2D eigenvalue weighted by atomic mass is 32.1. The van der Waals surface area contributed by atoms with Gasteiger partial charge < -0.3 is 11.5 Å². The van der Waals surface area contributed by atoms with Crippen molar-refractivity contribution in [2.24, 2.45) is 0 Å². The number of nitrogens with zero attached hydrogens (tertiary/aromatic N) is 1. The monoisotopic (exact) mass is 262 g/mol. The summed E-state index contributed by atoms with van der Waals surface area (Å²) in [6, 6.07) is 7.98. The third-order valence-corrected chi connectivity index (χ3v) is 3.06. The smallest absolute Gasteiger partial charge is 0.277 e. The molecular weight excluding hydrogens is 248 g/mol. The molecule has 0 aliphatic carbocycles. The van der Waals surface area contributed by atoms with Crippen molar-refractivity contribution in [1.29, 1.82) is 0 Å². The van der Waals surface area contributed by atoms with Gasteiger partial charge in [0.05, 0.1) is 6.54 Å². The van der Waals surface area contributed by atoms with Crippen LogP contribution < -0.4 is 17.0 Å². The Hall–Kier alpha value is -2.08. The molecule has 0 amide bonds. The zero-order chi connectivity index (χ0) is 13.3. The first-order chi connectivity index (χ1) is 8.49.